The molecule has 3 aromatic rings. The van der Waals surface area contributed by atoms with Gasteiger partial charge in [0.25, 0.3) is 5.91 Å². The SMILES string of the molecule is C[C@@H](Cc1ccccc1)C(=O)N(C)CC(=O)n1cc(CCN(C)C)c2ccccc21. The van der Waals surface area contributed by atoms with Crippen LogP contribution in [-0.2, 0) is 17.6 Å². The third-order valence-electron chi connectivity index (χ3n) is 5.45. The van der Waals surface area contributed by atoms with Gasteiger partial charge in [-0.2, -0.15) is 0 Å². The third kappa shape index (κ3) is 5.16. The average Bonchev–Trinajstić information content (AvgIpc) is 3.11. The number of hydrogen-bond acceptors (Lipinski definition) is 3. The number of carbonyl (C=O) groups excluding carboxylic acids is 2. The van der Waals surface area contributed by atoms with Crippen molar-refractivity contribution in [1.82, 2.24) is 14.4 Å². The van der Waals surface area contributed by atoms with Crippen molar-refractivity contribution in [1.29, 1.82) is 0 Å². The highest BCUT2D eigenvalue weighted by Crippen LogP contribution is 2.22. The summed E-state index contributed by atoms with van der Waals surface area (Å²) in [5.41, 5.74) is 3.17. The first-order valence-electron chi connectivity index (χ1n) is 10.4. The molecule has 0 aliphatic heterocycles. The molecule has 0 radical (unpaired) electrons. The Bertz CT molecular complexity index is 1010. The molecular weight excluding hydrogens is 374 g/mol. The number of nitrogens with zero attached hydrogens (tertiary/aromatic N) is 3. The Morgan fingerprint density at radius 1 is 0.967 bits per heavy atom. The van der Waals surface area contributed by atoms with Crippen LogP contribution in [0.3, 0.4) is 0 Å². The summed E-state index contributed by atoms with van der Waals surface area (Å²) < 4.78 is 1.70. The summed E-state index contributed by atoms with van der Waals surface area (Å²) in [6.07, 6.45) is 3.47. The third-order valence-corrected chi connectivity index (χ3v) is 5.45. The predicted molar refractivity (Wildman–Crippen MR) is 122 cm³/mol. The van der Waals surface area contributed by atoms with Gasteiger partial charge >= 0.3 is 0 Å². The fraction of sp³-hybridized carbons (Fsp3) is 0.360. The van der Waals surface area contributed by atoms with Crippen molar-refractivity contribution >= 4 is 22.7 Å². The summed E-state index contributed by atoms with van der Waals surface area (Å²) in [4.78, 5) is 29.6. The molecule has 0 saturated carbocycles. The van der Waals surface area contributed by atoms with Crippen LogP contribution < -0.4 is 0 Å². The molecule has 3 rings (SSSR count). The lowest BCUT2D eigenvalue weighted by molar-refractivity contribution is -0.133. The maximum atomic E-state index is 13.1. The van der Waals surface area contributed by atoms with Crippen molar-refractivity contribution in [3.05, 3.63) is 71.9 Å². The van der Waals surface area contributed by atoms with Crippen LogP contribution in [0.5, 0.6) is 0 Å². The van der Waals surface area contributed by atoms with Gasteiger partial charge in [-0.05, 0) is 44.1 Å². The largest absolute Gasteiger partial charge is 0.336 e. The second-order valence-corrected chi connectivity index (χ2v) is 8.27. The fourth-order valence-corrected chi connectivity index (χ4v) is 3.79. The lowest BCUT2D eigenvalue weighted by atomic mass is 10.00. The molecular formula is C25H31N3O2. The highest BCUT2D eigenvalue weighted by molar-refractivity contribution is 5.96. The maximum Gasteiger partial charge on any atom is 0.250 e. The van der Waals surface area contributed by atoms with Crippen LogP contribution in [0.2, 0.25) is 0 Å². The Morgan fingerprint density at radius 2 is 1.63 bits per heavy atom. The van der Waals surface area contributed by atoms with Crippen LogP contribution in [0.4, 0.5) is 0 Å². The minimum atomic E-state index is -0.178. The zero-order valence-corrected chi connectivity index (χ0v) is 18.3. The molecule has 0 N–H and O–H groups in total. The lowest BCUT2D eigenvalue weighted by Crippen LogP contribution is -2.38. The number of aromatic nitrogens is 1. The fourth-order valence-electron chi connectivity index (χ4n) is 3.79. The minimum Gasteiger partial charge on any atom is -0.336 e. The molecule has 0 aliphatic carbocycles. The van der Waals surface area contributed by atoms with Gasteiger partial charge in [-0.25, -0.2) is 0 Å². The Kier molecular flexibility index (Phi) is 7.06. The topological polar surface area (TPSA) is 45.6 Å². The molecule has 0 fully saturated rings. The van der Waals surface area contributed by atoms with Crippen molar-refractivity contribution in [2.75, 3.05) is 34.2 Å². The second kappa shape index (κ2) is 9.72. The zero-order chi connectivity index (χ0) is 21.7. The smallest absolute Gasteiger partial charge is 0.250 e. The van der Waals surface area contributed by atoms with Crippen LogP contribution in [-0.4, -0.2) is 60.4 Å². The van der Waals surface area contributed by atoms with Crippen molar-refractivity contribution in [2.45, 2.75) is 19.8 Å². The van der Waals surface area contributed by atoms with Crippen molar-refractivity contribution in [2.24, 2.45) is 5.92 Å². The number of amides is 1. The van der Waals surface area contributed by atoms with Crippen LogP contribution in [0.25, 0.3) is 10.9 Å². The first-order valence-corrected chi connectivity index (χ1v) is 10.4. The molecule has 1 atom stereocenters. The molecule has 1 aromatic heterocycles. The molecule has 158 valence electrons. The van der Waals surface area contributed by atoms with E-state index in [1.54, 1.807) is 16.5 Å². The van der Waals surface area contributed by atoms with Gasteiger partial charge in [0.2, 0.25) is 5.91 Å². The Hall–Kier alpha value is -2.92. The van der Waals surface area contributed by atoms with E-state index in [2.05, 4.69) is 11.0 Å². The molecule has 1 heterocycles. The van der Waals surface area contributed by atoms with Crippen LogP contribution in [0.1, 0.15) is 22.8 Å². The van der Waals surface area contributed by atoms with Crippen molar-refractivity contribution in [3.63, 3.8) is 0 Å². The standard InChI is InChI=1S/C25H31N3O2/c1-19(16-20-10-6-5-7-11-20)25(30)27(4)18-24(29)28-17-21(14-15-26(2)3)22-12-8-9-13-23(22)28/h5-13,17,19H,14-16,18H2,1-4H3/t19-/m0/s1. The highest BCUT2D eigenvalue weighted by Gasteiger charge is 2.21. The van der Waals surface area contributed by atoms with Gasteiger partial charge in [-0.15, -0.1) is 0 Å². The number of carbonyl (C=O) groups is 2. The normalized spacial score (nSPS) is 12.3. The van der Waals surface area contributed by atoms with Crippen LogP contribution in [0, 0.1) is 5.92 Å². The molecule has 2 aromatic carbocycles. The molecule has 5 nitrogen and oxygen atoms in total. The number of benzene rings is 2. The van der Waals surface area contributed by atoms with Crippen molar-refractivity contribution < 1.29 is 9.59 Å². The van der Waals surface area contributed by atoms with E-state index in [-0.39, 0.29) is 24.3 Å². The zero-order valence-electron chi connectivity index (χ0n) is 18.3. The number of para-hydroxylation sites is 1. The van der Waals surface area contributed by atoms with Gasteiger partial charge in [0.1, 0.15) is 6.54 Å². The van der Waals surface area contributed by atoms with Crippen LogP contribution in [0.15, 0.2) is 60.8 Å². The quantitative estimate of drug-likeness (QED) is 0.574. The van der Waals surface area contributed by atoms with Gasteiger partial charge < -0.3 is 9.80 Å². The predicted octanol–water partition coefficient (Wildman–Crippen LogP) is 3.72. The molecule has 30 heavy (non-hydrogen) atoms. The Balaban J connectivity index is 1.72. The van der Waals surface area contributed by atoms with Gasteiger partial charge in [-0.1, -0.05) is 55.5 Å². The maximum absolute atomic E-state index is 13.1. The first kappa shape index (κ1) is 21.8. The van der Waals surface area contributed by atoms with E-state index in [1.165, 1.54) is 0 Å². The second-order valence-electron chi connectivity index (χ2n) is 8.27. The highest BCUT2D eigenvalue weighted by atomic mass is 16.2. The number of likely N-dealkylation sites (N-methyl/N-ethyl adjacent to an activating group) is 2. The summed E-state index contributed by atoms with van der Waals surface area (Å²) in [6.45, 7) is 2.89. The van der Waals surface area contributed by atoms with Crippen molar-refractivity contribution in [3.8, 4) is 0 Å². The van der Waals surface area contributed by atoms with E-state index in [9.17, 15) is 9.59 Å². The lowest BCUT2D eigenvalue weighted by Gasteiger charge is -2.21. The summed E-state index contributed by atoms with van der Waals surface area (Å²) >= 11 is 0. The van der Waals surface area contributed by atoms with Gasteiger partial charge in [0.05, 0.1) is 5.52 Å². The summed E-state index contributed by atoms with van der Waals surface area (Å²) in [5.74, 6) is -0.288. The minimum absolute atomic E-state index is 0.0171. The summed E-state index contributed by atoms with van der Waals surface area (Å²) in [7, 11) is 5.80. The number of hydrogen-bond donors (Lipinski definition) is 0. The number of rotatable bonds is 8. The van der Waals surface area contributed by atoms with Crippen LogP contribution >= 0.6 is 0 Å². The summed E-state index contributed by atoms with van der Waals surface area (Å²) in [5, 5.41) is 1.10. The van der Waals surface area contributed by atoms with E-state index >= 15 is 0 Å². The van der Waals surface area contributed by atoms with E-state index in [0.717, 1.165) is 35.0 Å². The molecule has 1 amide bonds. The molecule has 0 aliphatic rings. The van der Waals surface area contributed by atoms with Gasteiger partial charge in [-0.3, -0.25) is 14.2 Å². The average molecular weight is 406 g/mol. The molecule has 0 saturated heterocycles. The van der Waals surface area contributed by atoms with E-state index < -0.39 is 0 Å². The molecule has 0 unspecified atom stereocenters. The Labute approximate surface area is 178 Å². The molecule has 5 heteroatoms. The van der Waals surface area contributed by atoms with E-state index in [4.69, 9.17) is 0 Å². The number of fused-ring (bicyclic) bond motifs is 1. The van der Waals surface area contributed by atoms with E-state index in [0.29, 0.717) is 6.42 Å². The van der Waals surface area contributed by atoms with E-state index in [1.807, 2.05) is 75.7 Å². The first-order chi connectivity index (χ1) is 14.4. The monoisotopic (exact) mass is 405 g/mol. The van der Waals surface area contributed by atoms with Gasteiger partial charge in [0, 0.05) is 31.1 Å². The van der Waals surface area contributed by atoms with Gasteiger partial charge in [0.15, 0.2) is 0 Å². The summed E-state index contributed by atoms with van der Waals surface area (Å²) in [6, 6.07) is 17.9. The molecule has 0 spiro atoms. The molecule has 0 bridgehead atoms. The Morgan fingerprint density at radius 3 is 2.33 bits per heavy atom.